The molecule has 0 amide bonds. The van der Waals surface area contributed by atoms with Gasteiger partial charge in [0.15, 0.2) is 0 Å². The van der Waals surface area contributed by atoms with Gasteiger partial charge in [0.2, 0.25) is 0 Å². The minimum atomic E-state index is -1.01. The fourth-order valence-electron chi connectivity index (χ4n) is 3.89. The lowest BCUT2D eigenvalue weighted by molar-refractivity contribution is 0.0698. The maximum absolute atomic E-state index is 11.9. The van der Waals surface area contributed by atoms with Gasteiger partial charge >= 0.3 is 5.97 Å². The van der Waals surface area contributed by atoms with Crippen LogP contribution in [0.2, 0.25) is 0 Å². The number of carboxylic acids is 1. The molecule has 0 fully saturated rings. The van der Waals surface area contributed by atoms with Crippen LogP contribution in [0.25, 0.3) is 11.0 Å². The number of aromatic carboxylic acids is 1. The van der Waals surface area contributed by atoms with Gasteiger partial charge in [0, 0.05) is 6.42 Å². The first-order valence-corrected chi connectivity index (χ1v) is 9.52. The molecule has 4 aromatic rings. The van der Waals surface area contributed by atoms with E-state index in [0.29, 0.717) is 23.5 Å². The van der Waals surface area contributed by atoms with E-state index in [0.717, 1.165) is 16.6 Å². The average Bonchev–Trinajstić information content (AvgIpc) is 3.34. The highest BCUT2D eigenvalue weighted by atomic mass is 16.5. The van der Waals surface area contributed by atoms with Gasteiger partial charge in [0.1, 0.15) is 28.6 Å². The molecule has 30 heavy (non-hydrogen) atoms. The maximum Gasteiger partial charge on any atom is 0.337 e. The number of benzene rings is 3. The van der Waals surface area contributed by atoms with Gasteiger partial charge in [-0.15, -0.1) is 9.89 Å². The summed E-state index contributed by atoms with van der Waals surface area (Å²) >= 11 is 0. The first-order chi connectivity index (χ1) is 14.7. The van der Waals surface area contributed by atoms with Gasteiger partial charge in [-0.25, -0.2) is 9.80 Å². The van der Waals surface area contributed by atoms with Crippen molar-refractivity contribution < 1.29 is 14.6 Å². The Balaban J connectivity index is 1.71. The van der Waals surface area contributed by atoms with Crippen molar-refractivity contribution in [3.63, 3.8) is 0 Å². The minimum absolute atomic E-state index is 0.177. The molecule has 8 heteroatoms. The molecule has 1 aliphatic heterocycles. The van der Waals surface area contributed by atoms with E-state index in [1.807, 2.05) is 59.6 Å². The number of anilines is 2. The zero-order valence-corrected chi connectivity index (χ0v) is 16.2. The number of carboxylic acid groups (broad SMARTS) is 1. The third-order valence-corrected chi connectivity index (χ3v) is 5.24. The quantitative estimate of drug-likeness (QED) is 0.529. The summed E-state index contributed by atoms with van der Waals surface area (Å²) in [7, 11) is 1.57. The number of hydrogen-bond acceptors (Lipinski definition) is 6. The molecule has 1 aromatic heterocycles. The second-order valence-electron chi connectivity index (χ2n) is 7.01. The summed E-state index contributed by atoms with van der Waals surface area (Å²) in [6.45, 7) is 0. The monoisotopic (exact) mass is 401 g/mol. The number of ether oxygens (including phenoxy) is 1. The van der Waals surface area contributed by atoms with Crippen LogP contribution in [0.3, 0.4) is 0 Å². The number of fused-ring (bicyclic) bond motifs is 2. The SMILES string of the molecule is COc1ccc(C(=O)O)c2c1N(n1nnc3ccccc31)C(Cc1ccccc1)N2. The molecule has 0 radical (unpaired) electrons. The summed E-state index contributed by atoms with van der Waals surface area (Å²) in [5.74, 6) is -0.456. The lowest BCUT2D eigenvalue weighted by Crippen LogP contribution is -2.42. The third-order valence-electron chi connectivity index (χ3n) is 5.24. The van der Waals surface area contributed by atoms with Crippen LogP contribution in [0, 0.1) is 0 Å². The highest BCUT2D eigenvalue weighted by Gasteiger charge is 2.37. The zero-order valence-electron chi connectivity index (χ0n) is 16.2. The number of nitrogens with one attached hydrogen (secondary N) is 1. The van der Waals surface area contributed by atoms with Gasteiger partial charge in [0.25, 0.3) is 0 Å². The zero-order chi connectivity index (χ0) is 20.7. The molecule has 2 heterocycles. The molecule has 0 spiro atoms. The molecule has 0 aliphatic carbocycles. The van der Waals surface area contributed by atoms with E-state index < -0.39 is 5.97 Å². The highest BCUT2D eigenvalue weighted by Crippen LogP contribution is 2.45. The maximum atomic E-state index is 11.9. The molecule has 8 nitrogen and oxygen atoms in total. The molecule has 1 aliphatic rings. The molecule has 0 bridgehead atoms. The van der Waals surface area contributed by atoms with Gasteiger partial charge < -0.3 is 15.2 Å². The number of carbonyl (C=O) groups is 1. The number of aromatic nitrogens is 3. The normalized spacial score (nSPS) is 15.1. The van der Waals surface area contributed by atoms with E-state index in [-0.39, 0.29) is 11.7 Å². The smallest absolute Gasteiger partial charge is 0.337 e. The molecule has 2 N–H and O–H groups in total. The lowest BCUT2D eigenvalue weighted by Gasteiger charge is -2.27. The van der Waals surface area contributed by atoms with Gasteiger partial charge in [-0.2, -0.15) is 0 Å². The fourth-order valence-corrected chi connectivity index (χ4v) is 3.89. The standard InChI is InChI=1S/C22H19N5O3/c1-30-18-12-11-15(22(28)29)20-21(18)26(19(23-20)13-14-7-3-2-4-8-14)27-17-10-6-5-9-16(17)24-25-27/h2-12,19,23H,13H2,1H3,(H,28,29). The molecule has 0 saturated heterocycles. The molecule has 1 atom stereocenters. The third kappa shape index (κ3) is 2.81. The van der Waals surface area contributed by atoms with Crippen LogP contribution in [0.5, 0.6) is 5.75 Å². The average molecular weight is 401 g/mol. The van der Waals surface area contributed by atoms with Crippen LogP contribution in [0.15, 0.2) is 66.7 Å². The Bertz CT molecular complexity index is 1240. The molecular formula is C22H19N5O3. The number of rotatable bonds is 5. The first-order valence-electron chi connectivity index (χ1n) is 9.52. The number of hydrogen-bond donors (Lipinski definition) is 2. The van der Waals surface area contributed by atoms with Gasteiger partial charge in [-0.3, -0.25) is 0 Å². The van der Waals surface area contributed by atoms with Crippen molar-refractivity contribution in [3.8, 4) is 5.75 Å². The Morgan fingerprint density at radius 2 is 1.87 bits per heavy atom. The molecule has 150 valence electrons. The predicted molar refractivity (Wildman–Crippen MR) is 113 cm³/mol. The Morgan fingerprint density at radius 1 is 1.10 bits per heavy atom. The Kier molecular flexibility index (Phi) is 4.24. The van der Waals surface area contributed by atoms with Gasteiger partial charge in [-0.1, -0.05) is 42.5 Å². The van der Waals surface area contributed by atoms with Crippen LogP contribution >= 0.6 is 0 Å². The van der Waals surface area contributed by atoms with Crippen LogP contribution in [-0.2, 0) is 6.42 Å². The lowest BCUT2D eigenvalue weighted by atomic mass is 10.1. The Morgan fingerprint density at radius 3 is 2.63 bits per heavy atom. The van der Waals surface area contributed by atoms with E-state index in [1.165, 1.54) is 0 Å². The first kappa shape index (κ1) is 18.0. The van der Waals surface area contributed by atoms with E-state index in [2.05, 4.69) is 15.6 Å². The summed E-state index contributed by atoms with van der Waals surface area (Å²) in [4.78, 5) is 13.6. The second kappa shape index (κ2) is 7.07. The summed E-state index contributed by atoms with van der Waals surface area (Å²) in [6.07, 6.45) is 0.327. The van der Waals surface area contributed by atoms with E-state index >= 15 is 0 Å². The van der Waals surface area contributed by atoms with Crippen LogP contribution in [0.1, 0.15) is 15.9 Å². The van der Waals surface area contributed by atoms with Crippen LogP contribution in [-0.4, -0.2) is 39.5 Å². The van der Waals surface area contributed by atoms with E-state index in [9.17, 15) is 9.90 Å². The van der Waals surface area contributed by atoms with Crippen molar-refractivity contribution in [3.05, 3.63) is 77.9 Å². The number of nitrogens with zero attached hydrogens (tertiary/aromatic N) is 4. The molecular weight excluding hydrogens is 382 g/mol. The van der Waals surface area contributed by atoms with E-state index in [1.54, 1.807) is 24.0 Å². The van der Waals surface area contributed by atoms with Gasteiger partial charge in [0.05, 0.1) is 18.4 Å². The largest absolute Gasteiger partial charge is 0.494 e. The second-order valence-corrected chi connectivity index (χ2v) is 7.01. The summed E-state index contributed by atoms with van der Waals surface area (Å²) in [6, 6.07) is 20.9. The number of para-hydroxylation sites is 1. The molecule has 1 unspecified atom stereocenters. The Hall–Kier alpha value is -4.07. The molecule has 0 saturated carbocycles. The van der Waals surface area contributed by atoms with Crippen molar-refractivity contribution in [2.45, 2.75) is 12.6 Å². The van der Waals surface area contributed by atoms with E-state index in [4.69, 9.17) is 4.74 Å². The van der Waals surface area contributed by atoms with Crippen molar-refractivity contribution >= 4 is 28.4 Å². The summed E-state index contributed by atoms with van der Waals surface area (Å²) in [5, 5.41) is 23.7. The van der Waals surface area contributed by atoms with Crippen molar-refractivity contribution in [2.75, 3.05) is 17.4 Å². The van der Waals surface area contributed by atoms with Crippen molar-refractivity contribution in [1.29, 1.82) is 0 Å². The predicted octanol–water partition coefficient (Wildman–Crippen LogP) is 3.40. The summed E-state index contributed by atoms with van der Waals surface area (Å²) < 4.78 is 5.59. The Labute approximate surface area is 172 Å². The minimum Gasteiger partial charge on any atom is -0.494 e. The van der Waals surface area contributed by atoms with Crippen LogP contribution in [0.4, 0.5) is 11.4 Å². The fraction of sp³-hybridized carbons (Fsp3) is 0.136. The molecule has 5 rings (SSSR count). The number of methoxy groups -OCH3 is 1. The topological polar surface area (TPSA) is 92.5 Å². The van der Waals surface area contributed by atoms with Crippen LogP contribution < -0.4 is 15.1 Å². The molecule has 3 aromatic carbocycles. The summed E-state index contributed by atoms with van der Waals surface area (Å²) in [5.41, 5.74) is 3.96. The van der Waals surface area contributed by atoms with Gasteiger partial charge in [-0.05, 0) is 35.0 Å². The highest BCUT2D eigenvalue weighted by molar-refractivity contribution is 6.01. The van der Waals surface area contributed by atoms with Crippen molar-refractivity contribution in [2.24, 2.45) is 0 Å². The van der Waals surface area contributed by atoms with Crippen molar-refractivity contribution in [1.82, 2.24) is 15.1 Å².